The fourth-order valence-corrected chi connectivity index (χ4v) is 9.41. The first kappa shape index (κ1) is 47.1. The van der Waals surface area contributed by atoms with Gasteiger partial charge in [0.1, 0.15) is 24.0 Å². The molecular formula is C43H68FNO12. The number of ether oxygens (including phenoxy) is 5. The van der Waals surface area contributed by atoms with Crippen LogP contribution in [0.1, 0.15) is 105 Å². The van der Waals surface area contributed by atoms with Gasteiger partial charge in [0.15, 0.2) is 0 Å². The van der Waals surface area contributed by atoms with Crippen LogP contribution in [-0.2, 0) is 42.9 Å². The number of carbonyl (C=O) groups excluding carboxylic acids is 4. The highest BCUT2D eigenvalue weighted by molar-refractivity contribution is 6.39. The van der Waals surface area contributed by atoms with Gasteiger partial charge in [-0.1, -0.05) is 38.5 Å². The number of aliphatic hydroxyl groups excluding tert-OH is 2. The van der Waals surface area contributed by atoms with E-state index in [1.54, 1.807) is 34.0 Å². The molecule has 3 N–H and O–H groups in total. The molecule has 2 saturated heterocycles. The minimum absolute atomic E-state index is 0.0413. The van der Waals surface area contributed by atoms with Gasteiger partial charge >= 0.3 is 5.97 Å². The van der Waals surface area contributed by atoms with Crippen LogP contribution in [0.3, 0.4) is 0 Å². The molecule has 3 heterocycles. The monoisotopic (exact) mass is 809 g/mol. The Balaban J connectivity index is 1.77. The van der Waals surface area contributed by atoms with Gasteiger partial charge in [-0.2, -0.15) is 0 Å². The number of piperidine rings is 1. The molecule has 0 aromatic carbocycles. The number of amides is 1. The van der Waals surface area contributed by atoms with E-state index in [4.69, 9.17) is 23.7 Å². The highest BCUT2D eigenvalue weighted by Crippen LogP contribution is 2.39. The van der Waals surface area contributed by atoms with Gasteiger partial charge in [-0.05, 0) is 95.5 Å². The van der Waals surface area contributed by atoms with Crippen LogP contribution in [0.25, 0.3) is 0 Å². The van der Waals surface area contributed by atoms with Crippen molar-refractivity contribution in [3.63, 3.8) is 0 Å². The van der Waals surface area contributed by atoms with Crippen molar-refractivity contribution in [2.24, 2.45) is 29.6 Å². The zero-order valence-electron chi connectivity index (χ0n) is 35.2. The topological polar surface area (TPSA) is 178 Å². The number of allylic oxidation sites excluding steroid dienone is 3. The van der Waals surface area contributed by atoms with E-state index in [9.17, 15) is 38.9 Å². The quantitative estimate of drug-likeness (QED) is 0.188. The van der Waals surface area contributed by atoms with Crippen molar-refractivity contribution >= 4 is 23.4 Å². The van der Waals surface area contributed by atoms with Crippen LogP contribution in [0.2, 0.25) is 0 Å². The maximum absolute atomic E-state index is 14.3. The SMILES string of the molecule is CO[C@H]1C[C@@H](C)C/C(C)=C/[C@@H](CCF)C(=O)C[C@H](O)[C@@H](C)[C@@H](/C(C)=C/[C@@H]2CC[C@@H](O)[C@H](OC)C2)OC(=O)[C@@H]2CCCCN2C(=O)C(=O)[C@]2(O)O[C@H]1[C@@H](OC)C[C@H]2C. The molecule has 4 rings (SSSR count). The van der Waals surface area contributed by atoms with Crippen LogP contribution >= 0.6 is 0 Å². The molecule has 14 atom stereocenters. The normalized spacial score (nSPS) is 41.1. The molecule has 57 heavy (non-hydrogen) atoms. The van der Waals surface area contributed by atoms with Gasteiger partial charge in [0.25, 0.3) is 11.7 Å². The molecular weight excluding hydrogens is 741 g/mol. The summed E-state index contributed by atoms with van der Waals surface area (Å²) in [6.45, 7) is 8.24. The van der Waals surface area contributed by atoms with Gasteiger partial charge in [-0.15, -0.1) is 0 Å². The molecule has 0 aromatic heterocycles. The minimum Gasteiger partial charge on any atom is -0.456 e. The lowest BCUT2D eigenvalue weighted by atomic mass is 9.81. The molecule has 1 saturated carbocycles. The van der Waals surface area contributed by atoms with Crippen LogP contribution in [0.4, 0.5) is 4.39 Å². The van der Waals surface area contributed by atoms with Crippen LogP contribution in [0.5, 0.6) is 0 Å². The summed E-state index contributed by atoms with van der Waals surface area (Å²) < 4.78 is 43.5. The summed E-state index contributed by atoms with van der Waals surface area (Å²) in [5, 5.41) is 34.0. The van der Waals surface area contributed by atoms with Crippen molar-refractivity contribution in [2.75, 3.05) is 34.5 Å². The van der Waals surface area contributed by atoms with Crippen molar-refractivity contribution < 1.29 is 62.6 Å². The first-order valence-corrected chi connectivity index (χ1v) is 20.8. The van der Waals surface area contributed by atoms with E-state index in [0.717, 1.165) is 10.5 Å². The number of hydrogen-bond donors (Lipinski definition) is 3. The zero-order chi connectivity index (χ0) is 42.2. The average molecular weight is 810 g/mol. The summed E-state index contributed by atoms with van der Waals surface area (Å²) in [4.78, 5) is 57.6. The molecule has 0 spiro atoms. The van der Waals surface area contributed by atoms with Crippen LogP contribution in [0.15, 0.2) is 23.3 Å². The molecule has 14 heteroatoms. The Morgan fingerprint density at radius 1 is 0.930 bits per heavy atom. The Labute approximate surface area is 337 Å². The number of nitrogens with zero attached hydrogens (tertiary/aromatic N) is 1. The molecule has 13 nitrogen and oxygen atoms in total. The number of Topliss-reactive ketones (excluding diaryl/α,β-unsaturated/α-hetero) is 2. The lowest BCUT2D eigenvalue weighted by Gasteiger charge is -2.47. The number of alkyl halides is 1. The Morgan fingerprint density at radius 3 is 2.25 bits per heavy atom. The van der Waals surface area contributed by atoms with E-state index in [-0.39, 0.29) is 56.0 Å². The van der Waals surface area contributed by atoms with E-state index < -0.39 is 90.5 Å². The van der Waals surface area contributed by atoms with Crippen molar-refractivity contribution in [2.45, 2.75) is 160 Å². The second-order valence-electron chi connectivity index (χ2n) is 17.2. The molecule has 3 aliphatic heterocycles. The summed E-state index contributed by atoms with van der Waals surface area (Å²) in [5.74, 6) is -8.48. The predicted octanol–water partition coefficient (Wildman–Crippen LogP) is 4.42. The number of ketones is 2. The zero-order valence-corrected chi connectivity index (χ0v) is 35.2. The van der Waals surface area contributed by atoms with Gasteiger partial charge in [0.2, 0.25) is 5.79 Å². The number of cyclic esters (lactones) is 1. The summed E-state index contributed by atoms with van der Waals surface area (Å²) in [6.07, 6.45) is 1.88. The lowest BCUT2D eigenvalue weighted by molar-refractivity contribution is -0.302. The fourth-order valence-electron chi connectivity index (χ4n) is 9.41. The second kappa shape index (κ2) is 21.1. The predicted molar refractivity (Wildman–Crippen MR) is 208 cm³/mol. The highest BCUT2D eigenvalue weighted by Gasteiger charge is 2.56. The van der Waals surface area contributed by atoms with Crippen molar-refractivity contribution in [3.05, 3.63) is 23.3 Å². The summed E-state index contributed by atoms with van der Waals surface area (Å²) in [5.41, 5.74) is 1.45. The number of methoxy groups -OCH3 is 3. The molecule has 2 bridgehead atoms. The van der Waals surface area contributed by atoms with Crippen molar-refractivity contribution in [1.82, 2.24) is 4.90 Å². The summed E-state index contributed by atoms with van der Waals surface area (Å²) >= 11 is 0. The van der Waals surface area contributed by atoms with Gasteiger partial charge < -0.3 is 43.9 Å². The lowest BCUT2D eigenvalue weighted by Crippen LogP contribution is -2.64. The van der Waals surface area contributed by atoms with E-state index in [2.05, 4.69) is 0 Å². The molecule has 0 aromatic rings. The van der Waals surface area contributed by atoms with Crippen molar-refractivity contribution in [3.8, 4) is 0 Å². The third-order valence-corrected chi connectivity index (χ3v) is 12.9. The molecule has 1 aliphatic carbocycles. The number of halogens is 1. The molecule has 0 radical (unpaired) electrons. The molecule has 0 unspecified atom stereocenters. The van der Waals surface area contributed by atoms with E-state index in [1.165, 1.54) is 14.2 Å². The highest BCUT2D eigenvalue weighted by atomic mass is 19.1. The second-order valence-corrected chi connectivity index (χ2v) is 17.2. The van der Waals surface area contributed by atoms with Gasteiger partial charge in [-0.3, -0.25) is 18.8 Å². The molecule has 324 valence electrons. The summed E-state index contributed by atoms with van der Waals surface area (Å²) in [7, 11) is 4.54. The van der Waals surface area contributed by atoms with Crippen LogP contribution in [-0.4, -0.2) is 133 Å². The van der Waals surface area contributed by atoms with Crippen LogP contribution in [0, 0.1) is 29.6 Å². The van der Waals surface area contributed by atoms with E-state index in [0.29, 0.717) is 50.5 Å². The van der Waals surface area contributed by atoms with Crippen molar-refractivity contribution in [1.29, 1.82) is 0 Å². The van der Waals surface area contributed by atoms with E-state index >= 15 is 0 Å². The number of fused-ring (bicyclic) bond motifs is 3. The number of aliphatic hydroxyl groups is 3. The number of rotatable bonds is 7. The van der Waals surface area contributed by atoms with Gasteiger partial charge in [0, 0.05) is 52.0 Å². The smallest absolute Gasteiger partial charge is 0.329 e. The van der Waals surface area contributed by atoms with E-state index in [1.807, 2.05) is 19.9 Å². The maximum Gasteiger partial charge on any atom is 0.329 e. The largest absolute Gasteiger partial charge is 0.456 e. The van der Waals surface area contributed by atoms with Gasteiger partial charge in [-0.25, -0.2) is 4.79 Å². The van der Waals surface area contributed by atoms with Gasteiger partial charge in [0.05, 0.1) is 37.2 Å². The molecule has 1 amide bonds. The Hall–Kier alpha value is -2.59. The first-order chi connectivity index (χ1) is 27.0. The first-order valence-electron chi connectivity index (χ1n) is 20.8. The third kappa shape index (κ3) is 11.4. The minimum atomic E-state index is -2.54. The third-order valence-electron chi connectivity index (χ3n) is 12.9. The van der Waals surface area contributed by atoms with Crippen LogP contribution < -0.4 is 0 Å². The fraction of sp³-hybridized carbons (Fsp3) is 0.814. The standard InChI is InChI=1S/C43H68FNO12/c1-24-17-25(2)19-36(54-7)39-37(55-8)21-27(4)43(52,57-39)40(49)41(50)45-16-10-9-11-31(45)42(51)56-38(26(3)20-29-12-13-32(46)35(22-29)53-6)28(5)33(47)23-34(48)30(18-24)14-15-44/h18,20,25,27-33,35-39,46-47,52H,9-17,19,21-23H2,1-8H3/b24-18+,26-20+/t25-,27+,28+,29-,30+,31-,32+,33-,35+,36-,37-,38+,39+,43+/m0/s1. The molecule has 4 aliphatic rings. The Kier molecular flexibility index (Phi) is 17.4. The summed E-state index contributed by atoms with van der Waals surface area (Å²) in [6, 6.07) is -1.17. The Bertz CT molecular complexity index is 1450. The number of esters is 1. The average Bonchev–Trinajstić information content (AvgIpc) is 3.18. The number of hydrogen-bond acceptors (Lipinski definition) is 12. The number of carbonyl (C=O) groups is 4. The molecule has 3 fully saturated rings. The maximum atomic E-state index is 14.3. The Morgan fingerprint density at radius 2 is 1.60 bits per heavy atom.